The van der Waals surface area contributed by atoms with E-state index in [2.05, 4.69) is 10.3 Å². The van der Waals surface area contributed by atoms with Crippen molar-refractivity contribution < 1.29 is 14.3 Å². The Bertz CT molecular complexity index is 982. The molecule has 7 heteroatoms. The van der Waals surface area contributed by atoms with E-state index in [0.717, 1.165) is 20.8 Å². The number of nitrogens with zero attached hydrogens (tertiary/aromatic N) is 2. The number of para-hydroxylation sites is 1. The van der Waals surface area contributed by atoms with Gasteiger partial charge in [0, 0.05) is 5.69 Å². The first-order valence-corrected chi connectivity index (χ1v) is 9.75. The van der Waals surface area contributed by atoms with Gasteiger partial charge in [0.05, 0.1) is 35.5 Å². The zero-order valence-electron chi connectivity index (χ0n) is 16.4. The topological polar surface area (TPSA) is 71.5 Å². The molecular formula is C21H23N3O3S. The summed E-state index contributed by atoms with van der Waals surface area (Å²) in [5.74, 6) is -0.586. The van der Waals surface area contributed by atoms with Crippen molar-refractivity contribution in [1.82, 2.24) is 9.88 Å². The summed E-state index contributed by atoms with van der Waals surface area (Å²) in [4.78, 5) is 30.9. The molecule has 0 fully saturated rings. The van der Waals surface area contributed by atoms with Gasteiger partial charge in [-0.2, -0.15) is 0 Å². The summed E-state index contributed by atoms with van der Waals surface area (Å²) in [7, 11) is 3.23. The molecule has 28 heavy (non-hydrogen) atoms. The number of hydrogen-bond donors (Lipinski definition) is 1. The second-order valence-electron chi connectivity index (χ2n) is 6.68. The van der Waals surface area contributed by atoms with Gasteiger partial charge in [0.25, 0.3) is 0 Å². The number of likely N-dealkylation sites (N-methyl/N-ethyl adjacent to an activating group) is 1. The number of methoxy groups -OCH3 is 1. The Morgan fingerprint density at radius 1 is 1.25 bits per heavy atom. The average molecular weight is 398 g/mol. The number of fused-ring (bicyclic) bond motifs is 1. The van der Waals surface area contributed by atoms with Crippen molar-refractivity contribution in [3.05, 3.63) is 58.6 Å². The molecule has 0 aliphatic carbocycles. The maximum absolute atomic E-state index is 12.5. The SMILES string of the molecule is COC(=O)c1ccc(C)c(NC(=O)CN(C)[C@@H](C)c2nc3ccccc3s2)c1. The summed E-state index contributed by atoms with van der Waals surface area (Å²) in [6.07, 6.45) is 0. The number of nitrogens with one attached hydrogen (secondary N) is 1. The van der Waals surface area contributed by atoms with Crippen molar-refractivity contribution in [3.8, 4) is 0 Å². The van der Waals surface area contributed by atoms with Crippen molar-refractivity contribution in [1.29, 1.82) is 0 Å². The summed E-state index contributed by atoms with van der Waals surface area (Å²) in [6, 6.07) is 13.1. The number of hydrogen-bond acceptors (Lipinski definition) is 6. The fraction of sp³-hybridized carbons (Fsp3) is 0.286. The van der Waals surface area contributed by atoms with Gasteiger partial charge >= 0.3 is 5.97 Å². The number of carbonyl (C=O) groups is 2. The molecule has 1 atom stereocenters. The number of esters is 1. The Morgan fingerprint density at radius 3 is 2.71 bits per heavy atom. The second-order valence-corrected chi connectivity index (χ2v) is 7.74. The standard InChI is InChI=1S/C21H23N3O3S/c1-13-9-10-15(21(26)27-4)11-17(13)22-19(25)12-24(3)14(2)20-23-16-7-5-6-8-18(16)28-20/h5-11,14H,12H2,1-4H3,(H,22,25)/t14-/m0/s1. The average Bonchev–Trinajstić information content (AvgIpc) is 3.12. The number of amides is 1. The number of anilines is 1. The number of thiazole rings is 1. The van der Waals surface area contributed by atoms with Crippen molar-refractivity contribution in [2.45, 2.75) is 19.9 Å². The number of benzene rings is 2. The molecule has 0 unspecified atom stereocenters. The molecular weight excluding hydrogens is 374 g/mol. The van der Waals surface area contributed by atoms with E-state index >= 15 is 0 Å². The molecule has 6 nitrogen and oxygen atoms in total. The molecule has 0 bridgehead atoms. The fourth-order valence-corrected chi connectivity index (χ4v) is 3.90. The molecule has 0 aliphatic rings. The Labute approximate surface area is 168 Å². The zero-order chi connectivity index (χ0) is 20.3. The van der Waals surface area contributed by atoms with Crippen LogP contribution in [0.2, 0.25) is 0 Å². The summed E-state index contributed by atoms with van der Waals surface area (Å²) in [5, 5.41) is 3.86. The van der Waals surface area contributed by atoms with E-state index in [1.807, 2.05) is 50.1 Å². The Morgan fingerprint density at radius 2 is 2.00 bits per heavy atom. The minimum atomic E-state index is -0.433. The van der Waals surface area contributed by atoms with Gasteiger partial charge in [-0.15, -0.1) is 11.3 Å². The lowest BCUT2D eigenvalue weighted by molar-refractivity contribution is -0.117. The largest absolute Gasteiger partial charge is 0.465 e. The van der Waals surface area contributed by atoms with Crippen molar-refractivity contribution >= 4 is 39.1 Å². The van der Waals surface area contributed by atoms with Crippen LogP contribution in [0.15, 0.2) is 42.5 Å². The molecule has 1 aromatic heterocycles. The van der Waals surface area contributed by atoms with Crippen LogP contribution in [0.4, 0.5) is 5.69 Å². The van der Waals surface area contributed by atoms with Crippen LogP contribution in [0.3, 0.4) is 0 Å². The lowest BCUT2D eigenvalue weighted by atomic mass is 10.1. The first-order chi connectivity index (χ1) is 13.4. The highest BCUT2D eigenvalue weighted by molar-refractivity contribution is 7.18. The van der Waals surface area contributed by atoms with E-state index in [1.54, 1.807) is 29.5 Å². The second kappa shape index (κ2) is 8.50. The van der Waals surface area contributed by atoms with E-state index in [4.69, 9.17) is 4.74 Å². The van der Waals surface area contributed by atoms with Crippen molar-refractivity contribution in [2.24, 2.45) is 0 Å². The predicted molar refractivity (Wildman–Crippen MR) is 112 cm³/mol. The summed E-state index contributed by atoms with van der Waals surface area (Å²) < 4.78 is 5.88. The summed E-state index contributed by atoms with van der Waals surface area (Å²) in [5.41, 5.74) is 2.86. The number of aromatic nitrogens is 1. The number of ether oxygens (including phenoxy) is 1. The summed E-state index contributed by atoms with van der Waals surface area (Å²) >= 11 is 1.64. The maximum Gasteiger partial charge on any atom is 0.337 e. The van der Waals surface area contributed by atoms with Gasteiger partial charge in [0.1, 0.15) is 5.01 Å². The van der Waals surface area contributed by atoms with Crippen molar-refractivity contribution in [3.63, 3.8) is 0 Å². The molecule has 1 amide bonds. The minimum Gasteiger partial charge on any atom is -0.465 e. The van der Waals surface area contributed by atoms with Gasteiger partial charge in [-0.3, -0.25) is 9.69 Å². The van der Waals surface area contributed by atoms with Gasteiger partial charge in [0.2, 0.25) is 5.91 Å². The van der Waals surface area contributed by atoms with Gasteiger partial charge in [-0.25, -0.2) is 9.78 Å². The highest BCUT2D eigenvalue weighted by atomic mass is 32.1. The smallest absolute Gasteiger partial charge is 0.337 e. The van der Waals surface area contributed by atoms with E-state index < -0.39 is 5.97 Å². The molecule has 3 rings (SSSR count). The molecule has 3 aromatic rings. The molecule has 1 heterocycles. The Kier molecular flexibility index (Phi) is 6.06. The molecule has 0 saturated heterocycles. The monoisotopic (exact) mass is 397 g/mol. The third kappa shape index (κ3) is 4.37. The number of rotatable bonds is 6. The van der Waals surface area contributed by atoms with Gasteiger partial charge in [-0.1, -0.05) is 18.2 Å². The van der Waals surface area contributed by atoms with Crippen LogP contribution in [0.1, 0.15) is 33.9 Å². The first-order valence-electron chi connectivity index (χ1n) is 8.93. The molecule has 0 aliphatic heterocycles. The van der Waals surface area contributed by atoms with Crippen LogP contribution in [0, 0.1) is 6.92 Å². The fourth-order valence-electron chi connectivity index (χ4n) is 2.81. The highest BCUT2D eigenvalue weighted by Gasteiger charge is 2.19. The molecule has 2 aromatic carbocycles. The minimum absolute atomic E-state index is 0.00523. The summed E-state index contributed by atoms with van der Waals surface area (Å²) in [6.45, 7) is 4.12. The van der Waals surface area contributed by atoms with Gasteiger partial charge in [0.15, 0.2) is 0 Å². The van der Waals surface area contributed by atoms with Crippen LogP contribution in [-0.4, -0.2) is 42.5 Å². The van der Waals surface area contributed by atoms with E-state index in [9.17, 15) is 9.59 Å². The van der Waals surface area contributed by atoms with E-state index in [0.29, 0.717) is 11.3 Å². The van der Waals surface area contributed by atoms with Crippen LogP contribution in [0.5, 0.6) is 0 Å². The Balaban J connectivity index is 1.68. The lowest BCUT2D eigenvalue weighted by Crippen LogP contribution is -2.32. The third-order valence-electron chi connectivity index (χ3n) is 4.65. The maximum atomic E-state index is 12.5. The van der Waals surface area contributed by atoms with Crippen LogP contribution in [-0.2, 0) is 9.53 Å². The highest BCUT2D eigenvalue weighted by Crippen LogP contribution is 2.28. The molecule has 0 spiro atoms. The van der Waals surface area contributed by atoms with Gasteiger partial charge < -0.3 is 10.1 Å². The Hall–Kier alpha value is -2.77. The normalized spacial score (nSPS) is 12.2. The number of aryl methyl sites for hydroxylation is 1. The van der Waals surface area contributed by atoms with Crippen LogP contribution in [0.25, 0.3) is 10.2 Å². The molecule has 0 radical (unpaired) electrons. The zero-order valence-corrected chi connectivity index (χ0v) is 17.2. The predicted octanol–water partition coefficient (Wildman–Crippen LogP) is 4.02. The van der Waals surface area contributed by atoms with Crippen LogP contribution >= 0.6 is 11.3 Å². The lowest BCUT2D eigenvalue weighted by Gasteiger charge is -2.22. The van der Waals surface area contributed by atoms with E-state index in [-0.39, 0.29) is 18.5 Å². The van der Waals surface area contributed by atoms with Crippen LogP contribution < -0.4 is 5.32 Å². The van der Waals surface area contributed by atoms with Crippen molar-refractivity contribution in [2.75, 3.05) is 26.0 Å². The first kappa shape index (κ1) is 20.0. The van der Waals surface area contributed by atoms with Gasteiger partial charge in [-0.05, 0) is 50.7 Å². The molecule has 146 valence electrons. The molecule has 0 saturated carbocycles. The number of carbonyl (C=O) groups excluding carboxylic acids is 2. The third-order valence-corrected chi connectivity index (χ3v) is 5.86. The van der Waals surface area contributed by atoms with E-state index in [1.165, 1.54) is 7.11 Å². The molecule has 1 N–H and O–H groups in total. The quantitative estimate of drug-likeness (QED) is 0.636.